The van der Waals surface area contributed by atoms with Gasteiger partial charge in [0, 0.05) is 42.9 Å². The Balaban J connectivity index is 1.44. The number of carbonyl (C=O) groups excluding carboxylic acids is 1. The molecule has 30 heavy (non-hydrogen) atoms. The summed E-state index contributed by atoms with van der Waals surface area (Å²) in [6, 6.07) is 11.8. The fourth-order valence-electron chi connectivity index (χ4n) is 4.86. The minimum absolute atomic E-state index is 0.0226. The van der Waals surface area contributed by atoms with E-state index in [-0.39, 0.29) is 17.7 Å². The molecule has 1 aromatic carbocycles. The van der Waals surface area contributed by atoms with E-state index in [1.54, 1.807) is 6.20 Å². The molecule has 1 aliphatic heterocycles. The Morgan fingerprint density at radius 2 is 1.93 bits per heavy atom. The maximum absolute atomic E-state index is 13.2. The zero-order valence-corrected chi connectivity index (χ0v) is 17.2. The van der Waals surface area contributed by atoms with Gasteiger partial charge in [0.1, 0.15) is 0 Å². The highest BCUT2D eigenvalue weighted by Gasteiger charge is 2.41. The lowest BCUT2D eigenvalue weighted by atomic mass is 9.90. The first kappa shape index (κ1) is 19.0. The Morgan fingerprint density at radius 3 is 2.70 bits per heavy atom. The summed E-state index contributed by atoms with van der Waals surface area (Å²) >= 11 is 0. The molecule has 1 amide bonds. The van der Waals surface area contributed by atoms with Crippen molar-refractivity contribution in [2.75, 3.05) is 13.1 Å². The topological polar surface area (TPSA) is 72.1 Å². The second-order valence-corrected chi connectivity index (χ2v) is 8.55. The zero-order chi connectivity index (χ0) is 20.5. The Hall–Kier alpha value is -3.02. The average molecular weight is 402 g/mol. The van der Waals surface area contributed by atoms with Crippen molar-refractivity contribution in [1.29, 1.82) is 0 Å². The van der Waals surface area contributed by atoms with Gasteiger partial charge in [-0.1, -0.05) is 41.8 Å². The largest absolute Gasteiger partial charge is 0.339 e. The van der Waals surface area contributed by atoms with E-state index < -0.39 is 0 Å². The van der Waals surface area contributed by atoms with Crippen molar-refractivity contribution in [1.82, 2.24) is 20.0 Å². The minimum atomic E-state index is -0.0226. The van der Waals surface area contributed by atoms with Crippen molar-refractivity contribution in [2.45, 2.75) is 50.4 Å². The van der Waals surface area contributed by atoms with Crippen LogP contribution < -0.4 is 0 Å². The molecule has 1 saturated heterocycles. The molecule has 1 saturated carbocycles. The van der Waals surface area contributed by atoms with Gasteiger partial charge in [0.2, 0.25) is 5.89 Å². The molecule has 2 fully saturated rings. The molecule has 1 aliphatic carbocycles. The predicted molar refractivity (Wildman–Crippen MR) is 112 cm³/mol. The van der Waals surface area contributed by atoms with E-state index in [4.69, 9.17) is 9.51 Å². The van der Waals surface area contributed by atoms with Crippen molar-refractivity contribution < 1.29 is 9.32 Å². The highest BCUT2D eigenvalue weighted by Crippen LogP contribution is 2.40. The van der Waals surface area contributed by atoms with Gasteiger partial charge in [0.05, 0.1) is 5.92 Å². The van der Waals surface area contributed by atoms with E-state index >= 15 is 0 Å². The van der Waals surface area contributed by atoms with Gasteiger partial charge in [0.15, 0.2) is 5.82 Å². The standard InChI is InChI=1S/C24H26N4O2/c1-16-6-4-9-18(12-16)24(29)28-14-20(19-10-5-11-25-13-19)21(15-28)23-26-22(27-30-23)17-7-2-3-8-17/h4-6,9-13,17,20-21H,2-3,7-8,14-15H2,1H3. The number of likely N-dealkylation sites (tertiary alicyclic amines) is 1. The van der Waals surface area contributed by atoms with Crippen LogP contribution in [-0.2, 0) is 0 Å². The van der Waals surface area contributed by atoms with Crippen LogP contribution >= 0.6 is 0 Å². The van der Waals surface area contributed by atoms with Gasteiger partial charge < -0.3 is 9.42 Å². The summed E-state index contributed by atoms with van der Waals surface area (Å²) in [5, 5.41) is 4.31. The summed E-state index contributed by atoms with van der Waals surface area (Å²) < 4.78 is 5.75. The molecule has 154 valence electrons. The fraction of sp³-hybridized carbons (Fsp3) is 0.417. The Kier molecular flexibility index (Phi) is 5.07. The van der Waals surface area contributed by atoms with Crippen molar-refractivity contribution in [2.24, 2.45) is 0 Å². The van der Waals surface area contributed by atoms with Gasteiger partial charge in [-0.2, -0.15) is 4.98 Å². The molecule has 3 aromatic rings. The summed E-state index contributed by atoms with van der Waals surface area (Å²) in [6.07, 6.45) is 8.38. The molecule has 6 heteroatoms. The van der Waals surface area contributed by atoms with Crippen molar-refractivity contribution in [3.63, 3.8) is 0 Å². The van der Waals surface area contributed by atoms with Gasteiger partial charge in [-0.3, -0.25) is 9.78 Å². The molecule has 0 spiro atoms. The van der Waals surface area contributed by atoms with Crippen LogP contribution in [0.3, 0.4) is 0 Å². The van der Waals surface area contributed by atoms with Crippen LogP contribution in [0, 0.1) is 6.92 Å². The summed E-state index contributed by atoms with van der Waals surface area (Å²) in [5.74, 6) is 1.99. The van der Waals surface area contributed by atoms with Gasteiger partial charge in [-0.25, -0.2) is 0 Å². The molecule has 5 rings (SSSR count). The molecule has 2 aliphatic rings. The van der Waals surface area contributed by atoms with Gasteiger partial charge in [-0.15, -0.1) is 0 Å². The summed E-state index contributed by atoms with van der Waals surface area (Å²) in [7, 11) is 0. The lowest BCUT2D eigenvalue weighted by Crippen LogP contribution is -2.28. The molecule has 0 radical (unpaired) electrons. The predicted octanol–water partition coefficient (Wildman–Crippen LogP) is 4.45. The van der Waals surface area contributed by atoms with Crippen LogP contribution in [-0.4, -0.2) is 39.0 Å². The van der Waals surface area contributed by atoms with E-state index in [2.05, 4.69) is 16.2 Å². The first-order chi connectivity index (χ1) is 14.7. The Morgan fingerprint density at radius 1 is 1.10 bits per heavy atom. The van der Waals surface area contributed by atoms with E-state index in [1.807, 2.05) is 48.4 Å². The molecule has 6 nitrogen and oxygen atoms in total. The van der Waals surface area contributed by atoms with E-state index in [0.717, 1.165) is 35.4 Å². The van der Waals surface area contributed by atoms with E-state index in [9.17, 15) is 4.79 Å². The van der Waals surface area contributed by atoms with Crippen LogP contribution in [0.4, 0.5) is 0 Å². The molecular formula is C24H26N4O2. The average Bonchev–Trinajstić information content (AvgIpc) is 3.53. The van der Waals surface area contributed by atoms with Crippen molar-refractivity contribution in [3.05, 3.63) is 77.2 Å². The molecule has 0 N–H and O–H groups in total. The van der Waals surface area contributed by atoms with Crippen LogP contribution in [0.5, 0.6) is 0 Å². The highest BCUT2D eigenvalue weighted by molar-refractivity contribution is 5.94. The SMILES string of the molecule is Cc1cccc(C(=O)N2CC(c3cccnc3)C(c3nc(C4CCCC4)no3)C2)c1. The van der Waals surface area contributed by atoms with Gasteiger partial charge in [0.25, 0.3) is 5.91 Å². The summed E-state index contributed by atoms with van der Waals surface area (Å²) in [4.78, 5) is 24.2. The quantitative estimate of drug-likeness (QED) is 0.644. The second kappa shape index (κ2) is 8.01. The molecule has 2 atom stereocenters. The van der Waals surface area contributed by atoms with Crippen molar-refractivity contribution >= 4 is 5.91 Å². The lowest BCUT2D eigenvalue weighted by Gasteiger charge is -2.16. The maximum atomic E-state index is 13.2. The van der Waals surface area contributed by atoms with Crippen LogP contribution in [0.25, 0.3) is 0 Å². The van der Waals surface area contributed by atoms with Crippen LogP contribution in [0.2, 0.25) is 0 Å². The lowest BCUT2D eigenvalue weighted by molar-refractivity contribution is 0.0788. The third-order valence-electron chi connectivity index (χ3n) is 6.48. The molecule has 3 heterocycles. The normalized spacial score (nSPS) is 22.0. The third kappa shape index (κ3) is 3.62. The van der Waals surface area contributed by atoms with Gasteiger partial charge in [-0.05, 0) is 43.5 Å². The minimum Gasteiger partial charge on any atom is -0.339 e. The smallest absolute Gasteiger partial charge is 0.253 e. The summed E-state index contributed by atoms with van der Waals surface area (Å²) in [6.45, 7) is 3.19. The molecular weight excluding hydrogens is 376 g/mol. The number of aryl methyl sites for hydroxylation is 1. The zero-order valence-electron chi connectivity index (χ0n) is 17.2. The Labute approximate surface area is 176 Å². The molecule has 2 unspecified atom stereocenters. The number of hydrogen-bond donors (Lipinski definition) is 0. The van der Waals surface area contributed by atoms with E-state index in [0.29, 0.717) is 24.9 Å². The number of hydrogen-bond acceptors (Lipinski definition) is 5. The second-order valence-electron chi connectivity index (χ2n) is 8.55. The summed E-state index contributed by atoms with van der Waals surface area (Å²) in [5.41, 5.74) is 2.90. The number of nitrogens with zero attached hydrogens (tertiary/aromatic N) is 4. The van der Waals surface area contributed by atoms with Crippen LogP contribution in [0.15, 0.2) is 53.3 Å². The highest BCUT2D eigenvalue weighted by atomic mass is 16.5. The number of carbonyl (C=O) groups is 1. The number of amides is 1. The molecule has 0 bridgehead atoms. The monoisotopic (exact) mass is 402 g/mol. The maximum Gasteiger partial charge on any atom is 0.253 e. The third-order valence-corrected chi connectivity index (χ3v) is 6.48. The first-order valence-corrected chi connectivity index (χ1v) is 10.8. The van der Waals surface area contributed by atoms with Crippen LogP contribution in [0.1, 0.15) is 76.6 Å². The number of aromatic nitrogens is 3. The first-order valence-electron chi connectivity index (χ1n) is 10.8. The van der Waals surface area contributed by atoms with E-state index in [1.165, 1.54) is 12.8 Å². The van der Waals surface area contributed by atoms with Crippen molar-refractivity contribution in [3.8, 4) is 0 Å². The van der Waals surface area contributed by atoms with Gasteiger partial charge >= 0.3 is 0 Å². The Bertz CT molecular complexity index is 1030. The molecule has 2 aromatic heterocycles. The fourth-order valence-corrected chi connectivity index (χ4v) is 4.86. The number of benzene rings is 1. The number of pyridine rings is 1. The number of rotatable bonds is 4.